The molecule has 1 aromatic carbocycles. The molecule has 142 valence electrons. The van der Waals surface area contributed by atoms with E-state index >= 15 is 0 Å². The number of aryl methyl sites for hydroxylation is 1. The van der Waals surface area contributed by atoms with Crippen molar-refractivity contribution >= 4 is 16.1 Å². The van der Waals surface area contributed by atoms with Crippen molar-refractivity contribution in [1.82, 2.24) is 15.1 Å². The number of hydrogen-bond acceptors (Lipinski definition) is 6. The van der Waals surface area contributed by atoms with E-state index in [4.69, 9.17) is 9.29 Å². The Kier molecular flexibility index (Phi) is 6.90. The van der Waals surface area contributed by atoms with Gasteiger partial charge in [0.2, 0.25) is 0 Å². The van der Waals surface area contributed by atoms with E-state index in [0.29, 0.717) is 6.61 Å². The van der Waals surface area contributed by atoms with E-state index in [9.17, 15) is 13.2 Å². The number of aromatic nitrogens is 2. The Balaban J connectivity index is 0.000000197. The molecule has 0 saturated carbocycles. The van der Waals surface area contributed by atoms with Gasteiger partial charge >= 0.3 is 5.97 Å². The summed E-state index contributed by atoms with van der Waals surface area (Å²) in [6.45, 7) is 6.08. The smallest absolute Gasteiger partial charge is 0.327 e. The summed E-state index contributed by atoms with van der Waals surface area (Å²) in [4.78, 5) is 11.2. The molecule has 1 aromatic heterocycles. The van der Waals surface area contributed by atoms with Crippen LogP contribution in [0.2, 0.25) is 0 Å². The third-order valence-corrected chi connectivity index (χ3v) is 4.56. The molecule has 0 aliphatic carbocycles. The highest BCUT2D eigenvalue weighted by Crippen LogP contribution is 2.11. The van der Waals surface area contributed by atoms with Gasteiger partial charge < -0.3 is 10.1 Å². The number of carbonyl (C=O) groups excluding carboxylic acids is 1. The zero-order valence-electron chi connectivity index (χ0n) is 14.8. The zero-order valence-corrected chi connectivity index (χ0v) is 15.6. The summed E-state index contributed by atoms with van der Waals surface area (Å²) in [5.74, 6) is -0.231. The minimum atomic E-state index is -4.02. The average molecular weight is 381 g/mol. The van der Waals surface area contributed by atoms with E-state index in [0.717, 1.165) is 30.8 Å². The number of rotatable bonds is 4. The fraction of sp³-hybridized carbons (Fsp3) is 0.412. The largest absolute Gasteiger partial charge is 0.465 e. The van der Waals surface area contributed by atoms with Crippen LogP contribution < -0.4 is 5.32 Å². The molecule has 0 saturated heterocycles. The van der Waals surface area contributed by atoms with Crippen molar-refractivity contribution in [3.8, 4) is 0 Å². The Hall–Kier alpha value is -2.23. The van der Waals surface area contributed by atoms with Gasteiger partial charge in [-0.15, -0.1) is 0 Å². The number of nitrogens with zero attached hydrogens (tertiary/aromatic N) is 2. The standard InChI is InChI=1S/C10H15N3O2.C7H8O3S/c1-2-15-10(14)7-13-6-8-5-11-4-3-9(8)12-13;1-6-2-4-7(5-3-6)11(8,9)10/h6,11H,2-5,7H2,1H3;2-5H,1H3,(H,8,9,10). The van der Waals surface area contributed by atoms with Crippen LogP contribution in [0.15, 0.2) is 35.4 Å². The summed E-state index contributed by atoms with van der Waals surface area (Å²) in [5.41, 5.74) is 3.24. The third-order valence-electron chi connectivity index (χ3n) is 3.69. The van der Waals surface area contributed by atoms with Gasteiger partial charge in [-0.25, -0.2) is 0 Å². The molecule has 2 N–H and O–H groups in total. The number of fused-ring (bicyclic) bond motifs is 1. The van der Waals surface area contributed by atoms with Crippen LogP contribution in [0.3, 0.4) is 0 Å². The molecule has 0 spiro atoms. The Morgan fingerprint density at radius 1 is 1.35 bits per heavy atom. The van der Waals surface area contributed by atoms with Gasteiger partial charge in [0.1, 0.15) is 6.54 Å². The number of hydrogen-bond donors (Lipinski definition) is 2. The lowest BCUT2D eigenvalue weighted by Gasteiger charge is -2.09. The summed E-state index contributed by atoms with van der Waals surface area (Å²) in [6.07, 6.45) is 2.85. The van der Waals surface area contributed by atoms with Crippen LogP contribution in [-0.2, 0) is 39.2 Å². The first-order valence-corrected chi connectivity index (χ1v) is 9.69. The lowest BCUT2D eigenvalue weighted by atomic mass is 10.1. The summed E-state index contributed by atoms with van der Waals surface area (Å²) >= 11 is 0. The predicted molar refractivity (Wildman–Crippen MR) is 95.3 cm³/mol. The van der Waals surface area contributed by atoms with Gasteiger partial charge in [-0.2, -0.15) is 13.5 Å². The fourth-order valence-electron chi connectivity index (χ4n) is 2.42. The summed E-state index contributed by atoms with van der Waals surface area (Å²) in [7, 11) is -4.02. The van der Waals surface area contributed by atoms with E-state index < -0.39 is 10.1 Å². The fourth-order valence-corrected chi connectivity index (χ4v) is 2.90. The average Bonchev–Trinajstić information content (AvgIpc) is 2.97. The zero-order chi connectivity index (χ0) is 19.2. The molecule has 2 heterocycles. The van der Waals surface area contributed by atoms with Crippen LogP contribution in [0.5, 0.6) is 0 Å². The lowest BCUT2D eigenvalue weighted by Crippen LogP contribution is -2.22. The van der Waals surface area contributed by atoms with E-state index in [2.05, 4.69) is 10.4 Å². The lowest BCUT2D eigenvalue weighted by molar-refractivity contribution is -0.144. The molecule has 0 atom stereocenters. The second kappa shape index (κ2) is 8.93. The first-order valence-electron chi connectivity index (χ1n) is 8.25. The second-order valence-electron chi connectivity index (χ2n) is 5.82. The number of nitrogens with one attached hydrogen (secondary N) is 1. The molecule has 9 heteroatoms. The molecule has 0 fully saturated rings. The van der Waals surface area contributed by atoms with Crippen LogP contribution in [-0.4, -0.2) is 41.9 Å². The van der Waals surface area contributed by atoms with E-state index in [1.54, 1.807) is 23.7 Å². The van der Waals surface area contributed by atoms with Crippen molar-refractivity contribution in [2.75, 3.05) is 13.2 Å². The van der Waals surface area contributed by atoms with Gasteiger partial charge in [-0.3, -0.25) is 14.0 Å². The quantitative estimate of drug-likeness (QED) is 0.607. The van der Waals surface area contributed by atoms with Gasteiger partial charge in [0, 0.05) is 31.3 Å². The minimum Gasteiger partial charge on any atom is -0.465 e. The monoisotopic (exact) mass is 381 g/mol. The molecule has 8 nitrogen and oxygen atoms in total. The maximum Gasteiger partial charge on any atom is 0.327 e. The van der Waals surface area contributed by atoms with Crippen LogP contribution in [0.25, 0.3) is 0 Å². The van der Waals surface area contributed by atoms with Crippen LogP contribution in [0.1, 0.15) is 23.7 Å². The highest BCUT2D eigenvalue weighted by molar-refractivity contribution is 7.85. The Morgan fingerprint density at radius 3 is 2.62 bits per heavy atom. The highest BCUT2D eigenvalue weighted by atomic mass is 32.2. The van der Waals surface area contributed by atoms with Crippen LogP contribution in [0.4, 0.5) is 0 Å². The van der Waals surface area contributed by atoms with Gasteiger partial charge in [0.05, 0.1) is 17.2 Å². The number of esters is 1. The number of carbonyl (C=O) groups is 1. The summed E-state index contributed by atoms with van der Waals surface area (Å²) in [5, 5.41) is 7.61. The van der Waals surface area contributed by atoms with E-state index in [1.165, 1.54) is 17.7 Å². The van der Waals surface area contributed by atoms with E-state index in [-0.39, 0.29) is 17.4 Å². The molecule has 0 amide bonds. The molecular weight excluding hydrogens is 358 g/mol. The molecule has 0 bridgehead atoms. The maximum absolute atomic E-state index is 11.2. The van der Waals surface area contributed by atoms with Gasteiger partial charge in [-0.05, 0) is 26.0 Å². The molecule has 1 aliphatic rings. The van der Waals surface area contributed by atoms with E-state index in [1.807, 2.05) is 13.1 Å². The molecule has 0 unspecified atom stereocenters. The molecule has 1 aliphatic heterocycles. The van der Waals surface area contributed by atoms with Crippen molar-refractivity contribution in [2.45, 2.75) is 38.3 Å². The Morgan fingerprint density at radius 2 is 2.04 bits per heavy atom. The van der Waals surface area contributed by atoms with Gasteiger partial charge in [0.15, 0.2) is 0 Å². The predicted octanol–water partition coefficient (Wildman–Crippen LogP) is 1.33. The van der Waals surface area contributed by atoms with Crippen molar-refractivity contribution < 1.29 is 22.5 Å². The van der Waals surface area contributed by atoms with Crippen molar-refractivity contribution in [3.05, 3.63) is 47.3 Å². The molecule has 0 radical (unpaired) electrons. The second-order valence-corrected chi connectivity index (χ2v) is 7.24. The first kappa shape index (κ1) is 20.1. The molecule has 2 aromatic rings. The molecule has 26 heavy (non-hydrogen) atoms. The van der Waals surface area contributed by atoms with Crippen LogP contribution >= 0.6 is 0 Å². The number of ether oxygens (including phenoxy) is 1. The summed E-state index contributed by atoms with van der Waals surface area (Å²) in [6, 6.07) is 5.99. The summed E-state index contributed by atoms with van der Waals surface area (Å²) < 4.78 is 36.1. The minimum absolute atomic E-state index is 0.0666. The van der Waals surface area contributed by atoms with Gasteiger partial charge in [-0.1, -0.05) is 17.7 Å². The van der Waals surface area contributed by atoms with Crippen molar-refractivity contribution in [1.29, 1.82) is 0 Å². The molecule has 3 rings (SSSR count). The van der Waals surface area contributed by atoms with Crippen molar-refractivity contribution in [2.24, 2.45) is 0 Å². The van der Waals surface area contributed by atoms with Crippen LogP contribution in [0, 0.1) is 6.92 Å². The first-order chi connectivity index (χ1) is 12.3. The van der Waals surface area contributed by atoms with Gasteiger partial charge in [0.25, 0.3) is 10.1 Å². The number of benzene rings is 1. The topological polar surface area (TPSA) is 111 Å². The third kappa shape index (κ3) is 5.94. The Bertz CT molecular complexity index is 820. The Labute approximate surface area is 152 Å². The highest BCUT2D eigenvalue weighted by Gasteiger charge is 2.14. The SMILES string of the molecule is CCOC(=O)Cn1cc2c(n1)CCNC2.Cc1ccc(S(=O)(=O)O)cc1. The van der Waals surface area contributed by atoms with Crippen molar-refractivity contribution in [3.63, 3.8) is 0 Å². The maximum atomic E-state index is 11.2. The molecular formula is C17H23N3O5S. The normalized spacial score (nSPS) is 13.3.